The summed E-state index contributed by atoms with van der Waals surface area (Å²) < 4.78 is 0. The van der Waals surface area contributed by atoms with Crippen LogP contribution in [0.15, 0.2) is 24.3 Å². The van der Waals surface area contributed by atoms with Crippen molar-refractivity contribution in [1.82, 2.24) is 9.80 Å². The normalized spacial score (nSPS) is 18.4. The van der Waals surface area contributed by atoms with E-state index in [-0.39, 0.29) is 51.2 Å². The molecule has 9 nitrogen and oxygen atoms in total. The van der Waals surface area contributed by atoms with E-state index in [1.165, 1.54) is 28.1 Å². The Kier molecular flexibility index (Phi) is 7.64. The highest BCUT2D eigenvalue weighted by Gasteiger charge is 2.49. The second-order valence-electron chi connectivity index (χ2n) is 9.93. The highest BCUT2D eigenvalue weighted by molar-refractivity contribution is 7.17. The first-order chi connectivity index (χ1) is 16.6. The van der Waals surface area contributed by atoms with Crippen LogP contribution in [-0.2, 0) is 15.0 Å². The highest BCUT2D eigenvalue weighted by Crippen LogP contribution is 2.45. The molecule has 194 valence electrons. The van der Waals surface area contributed by atoms with E-state index >= 15 is 0 Å². The maximum atomic E-state index is 14.1. The zero-order valence-corrected chi connectivity index (χ0v) is 23.1. The molecule has 1 aliphatic heterocycles. The number of hydrogen-bond acceptors (Lipinski definition) is 5. The first-order valence-electron chi connectivity index (χ1n) is 11.1. The van der Waals surface area contributed by atoms with Crippen molar-refractivity contribution in [2.75, 3.05) is 25.0 Å². The molecule has 1 fully saturated rings. The molecule has 1 saturated heterocycles. The summed E-state index contributed by atoms with van der Waals surface area (Å²) in [7, 11) is 1.60. The SMILES string of the molecule is CN1CCN(C(=O)c2cc(C(C)(C)C)sc2N(C(N)=O)c2cccc(Cl)c2Cl)C(C)(CC(N)=O)C1=O. The Morgan fingerprint density at radius 3 is 2.36 bits per heavy atom. The molecule has 0 saturated carbocycles. The van der Waals surface area contributed by atoms with Crippen molar-refractivity contribution in [3.63, 3.8) is 0 Å². The molecule has 1 aromatic heterocycles. The molecule has 2 aromatic rings. The van der Waals surface area contributed by atoms with Crippen LogP contribution in [0.25, 0.3) is 0 Å². The third kappa shape index (κ3) is 5.02. The number of thiophene rings is 1. The van der Waals surface area contributed by atoms with Crippen molar-refractivity contribution in [2.45, 2.75) is 45.1 Å². The lowest BCUT2D eigenvalue weighted by molar-refractivity contribution is -0.148. The van der Waals surface area contributed by atoms with Crippen LogP contribution in [0.4, 0.5) is 15.5 Å². The Morgan fingerprint density at radius 2 is 1.81 bits per heavy atom. The number of amides is 5. The van der Waals surface area contributed by atoms with Gasteiger partial charge in [-0.1, -0.05) is 50.0 Å². The fraction of sp³-hybridized carbons (Fsp3) is 0.417. The summed E-state index contributed by atoms with van der Waals surface area (Å²) in [6.45, 7) is 7.85. The van der Waals surface area contributed by atoms with Crippen molar-refractivity contribution in [1.29, 1.82) is 0 Å². The van der Waals surface area contributed by atoms with Crippen LogP contribution in [-0.4, -0.2) is 59.2 Å². The van der Waals surface area contributed by atoms with E-state index in [9.17, 15) is 19.2 Å². The number of halogens is 2. The fourth-order valence-electron chi connectivity index (χ4n) is 4.17. The standard InChI is InChI=1S/C24H29Cl2N5O4S/c1-23(2,3)16-11-13(19(33)30-10-9-29(5)21(34)24(30,4)12-17(27)32)20(36-16)31(22(28)35)15-8-6-7-14(25)18(15)26/h6-8,11H,9-10,12H2,1-5H3,(H2,27,32)(H2,28,35). The summed E-state index contributed by atoms with van der Waals surface area (Å²) in [5.41, 5.74) is 9.73. The third-order valence-corrected chi connectivity index (χ3v) is 8.46. The van der Waals surface area contributed by atoms with Crippen LogP contribution in [0.1, 0.15) is 49.4 Å². The van der Waals surface area contributed by atoms with Crippen LogP contribution in [0, 0.1) is 0 Å². The van der Waals surface area contributed by atoms with Gasteiger partial charge in [-0.15, -0.1) is 11.3 Å². The van der Waals surface area contributed by atoms with Crippen molar-refractivity contribution < 1.29 is 19.2 Å². The molecule has 0 spiro atoms. The first kappa shape index (κ1) is 27.8. The van der Waals surface area contributed by atoms with Crippen molar-refractivity contribution in [3.8, 4) is 0 Å². The summed E-state index contributed by atoms with van der Waals surface area (Å²) in [5.74, 6) is -1.66. The van der Waals surface area contributed by atoms with Gasteiger partial charge in [0.2, 0.25) is 11.8 Å². The van der Waals surface area contributed by atoms with Crippen LogP contribution >= 0.6 is 34.5 Å². The summed E-state index contributed by atoms with van der Waals surface area (Å²) in [4.78, 5) is 56.6. The van der Waals surface area contributed by atoms with Crippen LogP contribution < -0.4 is 16.4 Å². The van der Waals surface area contributed by atoms with E-state index in [0.29, 0.717) is 0 Å². The van der Waals surface area contributed by atoms with Crippen LogP contribution in [0.2, 0.25) is 10.0 Å². The second kappa shape index (κ2) is 9.91. The van der Waals surface area contributed by atoms with Gasteiger partial charge in [0.25, 0.3) is 5.91 Å². The minimum atomic E-state index is -1.50. The predicted octanol–water partition coefficient (Wildman–Crippen LogP) is 4.12. The number of nitrogens with two attached hydrogens (primary N) is 2. The zero-order valence-electron chi connectivity index (χ0n) is 20.7. The molecule has 3 rings (SSSR count). The number of urea groups is 1. The van der Waals surface area contributed by atoms with Crippen molar-refractivity contribution in [2.24, 2.45) is 11.5 Å². The van der Waals surface area contributed by atoms with Gasteiger partial charge in [0.15, 0.2) is 0 Å². The van der Waals surface area contributed by atoms with Crippen LogP contribution in [0.5, 0.6) is 0 Å². The Bertz CT molecular complexity index is 1240. The summed E-state index contributed by atoms with van der Waals surface area (Å²) in [6.07, 6.45) is -0.354. The van der Waals surface area contributed by atoms with E-state index in [1.54, 1.807) is 31.3 Å². The van der Waals surface area contributed by atoms with E-state index in [2.05, 4.69) is 0 Å². The smallest absolute Gasteiger partial charge is 0.324 e. The molecule has 1 unspecified atom stereocenters. The molecule has 5 amide bonds. The van der Waals surface area contributed by atoms with Gasteiger partial charge in [0.1, 0.15) is 10.5 Å². The van der Waals surface area contributed by atoms with Gasteiger partial charge in [-0.3, -0.25) is 19.3 Å². The average molecular weight is 555 g/mol. The molecule has 1 aromatic carbocycles. The summed E-state index contributed by atoms with van der Waals surface area (Å²) in [6, 6.07) is 5.57. The van der Waals surface area contributed by atoms with Gasteiger partial charge in [-0.2, -0.15) is 0 Å². The number of piperazine rings is 1. The largest absolute Gasteiger partial charge is 0.370 e. The molecule has 0 aliphatic carbocycles. The third-order valence-electron chi connectivity index (χ3n) is 6.10. The lowest BCUT2D eigenvalue weighted by Gasteiger charge is -2.46. The highest BCUT2D eigenvalue weighted by atomic mass is 35.5. The quantitative estimate of drug-likeness (QED) is 0.576. The maximum absolute atomic E-state index is 14.1. The van der Waals surface area contributed by atoms with Gasteiger partial charge in [0, 0.05) is 25.0 Å². The lowest BCUT2D eigenvalue weighted by atomic mass is 9.89. The Morgan fingerprint density at radius 1 is 1.17 bits per heavy atom. The number of hydrogen-bond donors (Lipinski definition) is 2. The molecule has 4 N–H and O–H groups in total. The molecule has 12 heteroatoms. The lowest BCUT2D eigenvalue weighted by Crippen LogP contribution is -2.66. The molecule has 36 heavy (non-hydrogen) atoms. The van der Waals surface area contributed by atoms with Crippen molar-refractivity contribution >= 4 is 69.0 Å². The first-order valence-corrected chi connectivity index (χ1v) is 12.7. The maximum Gasteiger partial charge on any atom is 0.324 e. The van der Waals surface area contributed by atoms with E-state index in [0.717, 1.165) is 9.78 Å². The molecular formula is C24H29Cl2N5O4S. The molecule has 1 aliphatic rings. The number of carbonyl (C=O) groups excluding carboxylic acids is 4. The van der Waals surface area contributed by atoms with Gasteiger partial charge in [-0.25, -0.2) is 4.79 Å². The second-order valence-corrected chi connectivity index (χ2v) is 11.7. The average Bonchev–Trinajstić information content (AvgIpc) is 3.20. The number of primary amides is 2. The monoisotopic (exact) mass is 553 g/mol. The van der Waals surface area contributed by atoms with Crippen molar-refractivity contribution in [3.05, 3.63) is 44.8 Å². The number of anilines is 2. The zero-order chi connectivity index (χ0) is 27.2. The molecule has 1 atom stereocenters. The van der Waals surface area contributed by atoms with Gasteiger partial charge in [-0.05, 0) is 30.5 Å². The van der Waals surface area contributed by atoms with E-state index in [4.69, 9.17) is 34.7 Å². The predicted molar refractivity (Wildman–Crippen MR) is 142 cm³/mol. The molecule has 2 heterocycles. The Labute approximate surface area is 223 Å². The number of carbonyl (C=O) groups is 4. The number of nitrogens with zero attached hydrogens (tertiary/aromatic N) is 3. The molecular weight excluding hydrogens is 525 g/mol. The summed E-state index contributed by atoms with van der Waals surface area (Å²) in [5, 5.41) is 0.532. The van der Waals surface area contributed by atoms with Gasteiger partial charge < -0.3 is 21.3 Å². The number of benzene rings is 1. The molecule has 0 bridgehead atoms. The summed E-state index contributed by atoms with van der Waals surface area (Å²) >= 11 is 13.8. The molecule has 0 radical (unpaired) electrons. The van der Waals surface area contributed by atoms with Crippen LogP contribution in [0.3, 0.4) is 0 Å². The minimum Gasteiger partial charge on any atom is -0.370 e. The fourth-order valence-corrected chi connectivity index (χ4v) is 5.78. The number of likely N-dealkylation sites (N-methyl/N-ethyl adjacent to an activating group) is 1. The number of rotatable bonds is 5. The van der Waals surface area contributed by atoms with E-state index < -0.39 is 29.3 Å². The van der Waals surface area contributed by atoms with Gasteiger partial charge in [0.05, 0.1) is 27.7 Å². The van der Waals surface area contributed by atoms with E-state index in [1.807, 2.05) is 20.8 Å². The Balaban J connectivity index is 2.24. The minimum absolute atomic E-state index is 0.0930. The topological polar surface area (TPSA) is 130 Å². The van der Waals surface area contributed by atoms with Gasteiger partial charge >= 0.3 is 6.03 Å². The Hall–Kier alpha value is -2.82.